The van der Waals surface area contributed by atoms with Crippen LogP contribution in [0.3, 0.4) is 0 Å². The standard InChI is InChI=1S/C19H22N6/c1-14(2)25-17(7-10-22-25)11-21-19-20-9-8-18(23-19)24-12-15-5-3-4-6-16(15)13-24/h3-10,14H,11-13H2,1-2H3,(H,20,21,23). The Morgan fingerprint density at radius 3 is 2.52 bits per heavy atom. The number of nitrogens with one attached hydrogen (secondary N) is 1. The summed E-state index contributed by atoms with van der Waals surface area (Å²) in [6.45, 7) is 6.69. The Hall–Kier alpha value is -2.89. The fraction of sp³-hybridized carbons (Fsp3) is 0.316. The summed E-state index contributed by atoms with van der Waals surface area (Å²) in [5.41, 5.74) is 3.87. The van der Waals surface area contributed by atoms with E-state index in [0.29, 0.717) is 18.5 Å². The smallest absolute Gasteiger partial charge is 0.224 e. The third kappa shape index (κ3) is 3.20. The van der Waals surface area contributed by atoms with E-state index in [2.05, 4.69) is 63.4 Å². The summed E-state index contributed by atoms with van der Waals surface area (Å²) in [7, 11) is 0. The molecule has 6 heteroatoms. The number of nitrogens with zero attached hydrogens (tertiary/aromatic N) is 5. The van der Waals surface area contributed by atoms with Gasteiger partial charge >= 0.3 is 0 Å². The summed E-state index contributed by atoms with van der Waals surface area (Å²) in [4.78, 5) is 11.3. The third-order valence-corrected chi connectivity index (χ3v) is 4.47. The number of hydrogen-bond donors (Lipinski definition) is 1. The molecule has 0 radical (unpaired) electrons. The molecule has 0 aliphatic carbocycles. The Morgan fingerprint density at radius 1 is 1.04 bits per heavy atom. The SMILES string of the molecule is CC(C)n1nccc1CNc1nccc(N2Cc3ccccc3C2)n1. The molecule has 0 amide bonds. The minimum atomic E-state index is 0.335. The molecule has 25 heavy (non-hydrogen) atoms. The first kappa shape index (κ1) is 15.6. The number of hydrogen-bond acceptors (Lipinski definition) is 5. The van der Waals surface area contributed by atoms with Gasteiger partial charge in [0.25, 0.3) is 0 Å². The molecule has 0 spiro atoms. The van der Waals surface area contributed by atoms with Gasteiger partial charge in [-0.1, -0.05) is 24.3 Å². The summed E-state index contributed by atoms with van der Waals surface area (Å²) >= 11 is 0. The van der Waals surface area contributed by atoms with Crippen molar-refractivity contribution in [3.8, 4) is 0 Å². The van der Waals surface area contributed by atoms with Gasteiger partial charge in [-0.25, -0.2) is 4.98 Å². The van der Waals surface area contributed by atoms with Crippen molar-refractivity contribution in [3.63, 3.8) is 0 Å². The molecule has 0 fully saturated rings. The van der Waals surface area contributed by atoms with Crippen LogP contribution in [0.25, 0.3) is 0 Å². The van der Waals surface area contributed by atoms with E-state index in [-0.39, 0.29) is 0 Å². The van der Waals surface area contributed by atoms with Crippen molar-refractivity contribution in [2.45, 2.75) is 39.5 Å². The van der Waals surface area contributed by atoms with Crippen LogP contribution in [0.1, 0.15) is 36.7 Å². The van der Waals surface area contributed by atoms with E-state index >= 15 is 0 Å². The first-order valence-corrected chi connectivity index (χ1v) is 8.62. The number of benzene rings is 1. The Labute approximate surface area is 147 Å². The lowest BCUT2D eigenvalue weighted by Gasteiger charge is -2.17. The summed E-state index contributed by atoms with van der Waals surface area (Å²) < 4.78 is 2.01. The number of aromatic nitrogens is 4. The molecular formula is C19H22N6. The van der Waals surface area contributed by atoms with E-state index in [1.807, 2.05) is 29.2 Å². The van der Waals surface area contributed by atoms with E-state index in [0.717, 1.165) is 24.6 Å². The van der Waals surface area contributed by atoms with E-state index in [4.69, 9.17) is 0 Å². The van der Waals surface area contributed by atoms with Crippen LogP contribution in [0.2, 0.25) is 0 Å². The molecule has 0 bridgehead atoms. The van der Waals surface area contributed by atoms with Gasteiger partial charge in [0.15, 0.2) is 0 Å². The predicted octanol–water partition coefficient (Wildman–Crippen LogP) is 3.39. The number of anilines is 2. The Balaban J connectivity index is 1.46. The monoisotopic (exact) mass is 334 g/mol. The van der Waals surface area contributed by atoms with Gasteiger partial charge in [-0.05, 0) is 37.1 Å². The average Bonchev–Trinajstić information content (AvgIpc) is 3.27. The lowest BCUT2D eigenvalue weighted by atomic mass is 10.1. The molecule has 3 heterocycles. The maximum atomic E-state index is 4.69. The highest BCUT2D eigenvalue weighted by molar-refractivity contribution is 5.48. The first-order chi connectivity index (χ1) is 12.2. The van der Waals surface area contributed by atoms with Crippen LogP contribution < -0.4 is 10.2 Å². The zero-order valence-electron chi connectivity index (χ0n) is 14.6. The van der Waals surface area contributed by atoms with Crippen LogP contribution in [0.5, 0.6) is 0 Å². The fourth-order valence-electron chi connectivity index (χ4n) is 3.22. The molecule has 2 aromatic heterocycles. The van der Waals surface area contributed by atoms with Crippen LogP contribution in [0.15, 0.2) is 48.8 Å². The molecule has 1 aliphatic rings. The number of fused-ring (bicyclic) bond motifs is 1. The lowest BCUT2D eigenvalue weighted by Crippen LogP contribution is -2.17. The topological polar surface area (TPSA) is 58.9 Å². The van der Waals surface area contributed by atoms with Crippen molar-refractivity contribution in [3.05, 3.63) is 65.6 Å². The average molecular weight is 334 g/mol. The van der Waals surface area contributed by atoms with Gasteiger partial charge in [-0.2, -0.15) is 10.1 Å². The Kier molecular flexibility index (Phi) is 4.09. The fourth-order valence-corrected chi connectivity index (χ4v) is 3.22. The van der Waals surface area contributed by atoms with Crippen molar-refractivity contribution >= 4 is 11.8 Å². The van der Waals surface area contributed by atoms with E-state index in [1.165, 1.54) is 11.1 Å². The highest BCUT2D eigenvalue weighted by Gasteiger charge is 2.19. The van der Waals surface area contributed by atoms with Crippen molar-refractivity contribution in [1.82, 2.24) is 19.7 Å². The zero-order chi connectivity index (χ0) is 17.2. The second-order valence-corrected chi connectivity index (χ2v) is 6.58. The van der Waals surface area contributed by atoms with Gasteiger partial charge in [-0.15, -0.1) is 0 Å². The second-order valence-electron chi connectivity index (χ2n) is 6.58. The van der Waals surface area contributed by atoms with E-state index in [1.54, 1.807) is 0 Å². The van der Waals surface area contributed by atoms with E-state index < -0.39 is 0 Å². The molecule has 4 rings (SSSR count). The molecule has 6 nitrogen and oxygen atoms in total. The van der Waals surface area contributed by atoms with Crippen LogP contribution in [-0.2, 0) is 19.6 Å². The van der Waals surface area contributed by atoms with Gasteiger partial charge in [0.2, 0.25) is 5.95 Å². The zero-order valence-corrected chi connectivity index (χ0v) is 14.6. The van der Waals surface area contributed by atoms with Crippen LogP contribution in [0.4, 0.5) is 11.8 Å². The predicted molar refractivity (Wildman–Crippen MR) is 98.3 cm³/mol. The quantitative estimate of drug-likeness (QED) is 0.775. The van der Waals surface area contributed by atoms with Crippen molar-refractivity contribution in [2.75, 3.05) is 10.2 Å². The highest BCUT2D eigenvalue weighted by atomic mass is 15.3. The van der Waals surface area contributed by atoms with Crippen molar-refractivity contribution in [2.24, 2.45) is 0 Å². The molecule has 0 saturated heterocycles. The molecule has 1 aliphatic heterocycles. The van der Waals surface area contributed by atoms with Crippen LogP contribution in [-0.4, -0.2) is 19.7 Å². The minimum Gasteiger partial charge on any atom is -0.349 e. The minimum absolute atomic E-state index is 0.335. The molecule has 0 atom stereocenters. The molecular weight excluding hydrogens is 312 g/mol. The maximum Gasteiger partial charge on any atom is 0.224 e. The van der Waals surface area contributed by atoms with Gasteiger partial charge in [0.05, 0.1) is 12.2 Å². The molecule has 1 aromatic carbocycles. The van der Waals surface area contributed by atoms with Crippen molar-refractivity contribution in [1.29, 1.82) is 0 Å². The highest BCUT2D eigenvalue weighted by Crippen LogP contribution is 2.26. The summed E-state index contributed by atoms with van der Waals surface area (Å²) in [5, 5.41) is 7.68. The first-order valence-electron chi connectivity index (χ1n) is 8.62. The molecule has 0 saturated carbocycles. The van der Waals surface area contributed by atoms with Gasteiger partial charge < -0.3 is 10.2 Å². The van der Waals surface area contributed by atoms with Crippen molar-refractivity contribution < 1.29 is 0 Å². The second kappa shape index (κ2) is 6.55. The van der Waals surface area contributed by atoms with Gasteiger partial charge in [0.1, 0.15) is 5.82 Å². The van der Waals surface area contributed by atoms with Gasteiger partial charge in [0, 0.05) is 31.5 Å². The van der Waals surface area contributed by atoms with Crippen LogP contribution in [0, 0.1) is 0 Å². The third-order valence-electron chi connectivity index (χ3n) is 4.47. The lowest BCUT2D eigenvalue weighted by molar-refractivity contribution is 0.512. The number of rotatable bonds is 5. The molecule has 3 aromatic rings. The Bertz CT molecular complexity index is 845. The summed E-state index contributed by atoms with van der Waals surface area (Å²) in [5.74, 6) is 1.59. The molecule has 128 valence electrons. The molecule has 0 unspecified atom stereocenters. The summed E-state index contributed by atoms with van der Waals surface area (Å²) in [6, 6.07) is 12.9. The van der Waals surface area contributed by atoms with Crippen LogP contribution >= 0.6 is 0 Å². The Morgan fingerprint density at radius 2 is 1.80 bits per heavy atom. The molecule has 1 N–H and O–H groups in total. The largest absolute Gasteiger partial charge is 0.349 e. The summed E-state index contributed by atoms with van der Waals surface area (Å²) in [6.07, 6.45) is 3.64. The maximum absolute atomic E-state index is 4.69. The van der Waals surface area contributed by atoms with Gasteiger partial charge in [-0.3, -0.25) is 4.68 Å². The van der Waals surface area contributed by atoms with E-state index in [9.17, 15) is 0 Å². The normalized spacial score (nSPS) is 13.3.